The summed E-state index contributed by atoms with van der Waals surface area (Å²) in [4.78, 5) is 20.1. The lowest BCUT2D eigenvalue weighted by atomic mass is 10.1. The second kappa shape index (κ2) is 10.2. The Labute approximate surface area is 96.0 Å². The van der Waals surface area contributed by atoms with Crippen LogP contribution in [0.2, 0.25) is 0 Å². The molecule has 0 atom stereocenters. The molecule has 0 aromatic rings. The van der Waals surface area contributed by atoms with Crippen molar-refractivity contribution in [1.82, 2.24) is 0 Å². The Morgan fingerprint density at radius 3 is 2.00 bits per heavy atom. The van der Waals surface area contributed by atoms with Gasteiger partial charge in [0.05, 0.1) is 5.97 Å². The molecule has 0 fully saturated rings. The highest BCUT2D eigenvalue weighted by atomic mass is 16.4. The van der Waals surface area contributed by atoms with Crippen LogP contribution in [0.1, 0.15) is 51.4 Å². The Balaban J connectivity index is 3.10. The molecule has 0 spiro atoms. The number of hydrogen-bond donors (Lipinski definition) is 0. The smallest absolute Gasteiger partial charge is 0.0639 e. The average molecular weight is 226 g/mol. The van der Waals surface area contributed by atoms with Gasteiger partial charge < -0.3 is 19.8 Å². The zero-order chi connectivity index (χ0) is 12.2. The zero-order valence-electron chi connectivity index (χ0n) is 9.44. The highest BCUT2D eigenvalue weighted by Gasteiger charge is 1.91. The van der Waals surface area contributed by atoms with Crippen molar-refractivity contribution in [3.05, 3.63) is 12.2 Å². The summed E-state index contributed by atoms with van der Waals surface area (Å²) in [5.41, 5.74) is 0. The fourth-order valence-electron chi connectivity index (χ4n) is 1.42. The first-order chi connectivity index (χ1) is 7.63. The van der Waals surface area contributed by atoms with Crippen molar-refractivity contribution in [1.29, 1.82) is 0 Å². The number of carboxylic acid groups (broad SMARTS) is 2. The number of unbranched alkanes of at least 4 members (excludes halogenated alkanes) is 6. The Bertz CT molecular complexity index is 233. The predicted octanol–water partition coefficient (Wildman–Crippen LogP) is 0.163. The van der Waals surface area contributed by atoms with Crippen LogP contribution >= 0.6 is 0 Å². The number of carboxylic acids is 2. The standard InChI is InChI=1S/C12H20O4/c13-11(14)9-7-5-3-1-2-4-6-8-10-12(15)16/h7,9H,1-6,8,10H2,(H,13,14)(H,15,16)/p-2/b9-7+. The molecule has 0 aromatic carbocycles. The van der Waals surface area contributed by atoms with Crippen LogP contribution in [0.5, 0.6) is 0 Å². The number of carbonyl (C=O) groups excluding carboxylic acids is 2. The molecule has 92 valence electrons. The predicted molar refractivity (Wildman–Crippen MR) is 56.1 cm³/mol. The van der Waals surface area contributed by atoms with E-state index in [0.717, 1.165) is 44.6 Å². The number of hydrogen-bond acceptors (Lipinski definition) is 4. The molecule has 0 saturated carbocycles. The topological polar surface area (TPSA) is 80.3 Å². The Kier molecular flexibility index (Phi) is 9.36. The van der Waals surface area contributed by atoms with Gasteiger partial charge >= 0.3 is 0 Å². The minimum atomic E-state index is -1.15. The van der Waals surface area contributed by atoms with Crippen LogP contribution in [-0.4, -0.2) is 11.9 Å². The van der Waals surface area contributed by atoms with Crippen LogP contribution in [0.15, 0.2) is 12.2 Å². The monoisotopic (exact) mass is 226 g/mol. The van der Waals surface area contributed by atoms with E-state index in [0.29, 0.717) is 6.42 Å². The van der Waals surface area contributed by atoms with Gasteiger partial charge in [0, 0.05) is 5.97 Å². The molecule has 4 heteroatoms. The van der Waals surface area contributed by atoms with Crippen molar-refractivity contribution >= 4 is 11.9 Å². The molecule has 0 saturated heterocycles. The molecule has 0 heterocycles. The summed E-state index contributed by atoms with van der Waals surface area (Å²) in [5, 5.41) is 20.1. The largest absolute Gasteiger partial charge is 0.550 e. The first-order valence-electron chi connectivity index (χ1n) is 5.70. The van der Waals surface area contributed by atoms with E-state index in [1.165, 1.54) is 0 Å². The maximum Gasteiger partial charge on any atom is 0.0639 e. The van der Waals surface area contributed by atoms with E-state index in [9.17, 15) is 19.8 Å². The third-order valence-corrected chi connectivity index (χ3v) is 2.26. The third-order valence-electron chi connectivity index (χ3n) is 2.26. The molecule has 0 bridgehead atoms. The summed E-state index contributed by atoms with van der Waals surface area (Å²) in [6.07, 6.45) is 9.26. The van der Waals surface area contributed by atoms with Crippen molar-refractivity contribution < 1.29 is 19.8 Å². The minimum Gasteiger partial charge on any atom is -0.550 e. The molecule has 0 aliphatic carbocycles. The van der Waals surface area contributed by atoms with Gasteiger partial charge in [0.25, 0.3) is 0 Å². The van der Waals surface area contributed by atoms with Crippen LogP contribution < -0.4 is 10.2 Å². The molecule has 0 aliphatic heterocycles. The number of aliphatic carboxylic acids is 2. The third kappa shape index (κ3) is 12.7. The van der Waals surface area contributed by atoms with Crippen LogP contribution in [0.25, 0.3) is 0 Å². The molecule has 0 N–H and O–H groups in total. The quantitative estimate of drug-likeness (QED) is 0.392. The average Bonchev–Trinajstić information content (AvgIpc) is 2.20. The first-order valence-corrected chi connectivity index (χ1v) is 5.70. The summed E-state index contributed by atoms with van der Waals surface area (Å²) in [6.45, 7) is 0. The number of carbonyl (C=O) groups is 2. The molecule has 0 amide bonds. The number of rotatable bonds is 10. The van der Waals surface area contributed by atoms with Crippen LogP contribution in [-0.2, 0) is 9.59 Å². The SMILES string of the molecule is O=C([O-])/C=C/CCCCCCCCC(=O)[O-]. The zero-order valence-corrected chi connectivity index (χ0v) is 9.44. The molecule has 0 aromatic heterocycles. The van der Waals surface area contributed by atoms with Crippen molar-refractivity contribution in [2.75, 3.05) is 0 Å². The van der Waals surface area contributed by atoms with Gasteiger partial charge in [0.15, 0.2) is 0 Å². The lowest BCUT2D eigenvalue weighted by Crippen LogP contribution is -2.21. The van der Waals surface area contributed by atoms with Gasteiger partial charge in [-0.25, -0.2) is 0 Å². The highest BCUT2D eigenvalue weighted by Crippen LogP contribution is 2.08. The summed E-state index contributed by atoms with van der Waals surface area (Å²) in [6, 6.07) is 0. The van der Waals surface area contributed by atoms with Gasteiger partial charge in [-0.1, -0.05) is 31.8 Å². The maximum atomic E-state index is 10.1. The van der Waals surface area contributed by atoms with Crippen molar-refractivity contribution in [2.24, 2.45) is 0 Å². The molecule has 0 aliphatic rings. The molecule has 16 heavy (non-hydrogen) atoms. The summed E-state index contributed by atoms with van der Waals surface area (Å²) in [5.74, 6) is -2.13. The second-order valence-electron chi connectivity index (χ2n) is 3.75. The van der Waals surface area contributed by atoms with Crippen LogP contribution in [0, 0.1) is 0 Å². The lowest BCUT2D eigenvalue weighted by molar-refractivity contribution is -0.306. The normalized spacial score (nSPS) is 10.8. The van der Waals surface area contributed by atoms with Gasteiger partial charge in [-0.3, -0.25) is 0 Å². The minimum absolute atomic E-state index is 0.147. The molecular formula is C12H18O4-2. The Hall–Kier alpha value is -1.32. The summed E-state index contributed by atoms with van der Waals surface area (Å²) >= 11 is 0. The van der Waals surface area contributed by atoms with Gasteiger partial charge in [0.2, 0.25) is 0 Å². The number of allylic oxidation sites excluding steroid dienone is 1. The van der Waals surface area contributed by atoms with Crippen LogP contribution in [0.4, 0.5) is 0 Å². The van der Waals surface area contributed by atoms with E-state index < -0.39 is 11.9 Å². The van der Waals surface area contributed by atoms with Crippen molar-refractivity contribution in [2.45, 2.75) is 51.4 Å². The van der Waals surface area contributed by atoms with E-state index in [1.54, 1.807) is 6.08 Å². The molecule has 0 rings (SSSR count). The fourth-order valence-corrected chi connectivity index (χ4v) is 1.42. The fraction of sp³-hybridized carbons (Fsp3) is 0.667. The van der Waals surface area contributed by atoms with Crippen molar-refractivity contribution in [3.8, 4) is 0 Å². The van der Waals surface area contributed by atoms with E-state index >= 15 is 0 Å². The maximum absolute atomic E-state index is 10.1. The van der Waals surface area contributed by atoms with Crippen molar-refractivity contribution in [3.63, 3.8) is 0 Å². The first kappa shape index (κ1) is 14.7. The van der Waals surface area contributed by atoms with Gasteiger partial charge in [0.1, 0.15) is 0 Å². The van der Waals surface area contributed by atoms with Crippen LogP contribution in [0.3, 0.4) is 0 Å². The van der Waals surface area contributed by atoms with Gasteiger partial charge in [-0.15, -0.1) is 0 Å². The molecular weight excluding hydrogens is 208 g/mol. The second-order valence-corrected chi connectivity index (χ2v) is 3.75. The molecule has 0 unspecified atom stereocenters. The molecule has 0 radical (unpaired) electrons. The Morgan fingerprint density at radius 2 is 1.44 bits per heavy atom. The van der Waals surface area contributed by atoms with Gasteiger partial charge in [-0.05, 0) is 31.8 Å². The summed E-state index contributed by atoms with van der Waals surface area (Å²) in [7, 11) is 0. The van der Waals surface area contributed by atoms with E-state index in [1.807, 2.05) is 0 Å². The highest BCUT2D eigenvalue weighted by molar-refractivity contribution is 5.77. The summed E-state index contributed by atoms with van der Waals surface area (Å²) < 4.78 is 0. The van der Waals surface area contributed by atoms with Gasteiger partial charge in [-0.2, -0.15) is 0 Å². The van der Waals surface area contributed by atoms with E-state index in [2.05, 4.69) is 0 Å². The van der Waals surface area contributed by atoms with E-state index in [-0.39, 0.29) is 6.42 Å². The molecule has 4 nitrogen and oxygen atoms in total. The Morgan fingerprint density at radius 1 is 0.875 bits per heavy atom. The lowest BCUT2D eigenvalue weighted by Gasteiger charge is -2.02. The van der Waals surface area contributed by atoms with E-state index in [4.69, 9.17) is 0 Å².